The standard InChI is InChI=1S/C25H34O7/c1-15(27)32-17-3-8-23(14-26)19-4-7-22(2)18(16-11-21(28)31-13-16)6-10-25(22,30)20(19)5-9-24(23,29)12-17/h11,14,17-20,29-30H,3-10,12-13H2,1-2H3/t17-,18+,19+,20-,22-,23+,24+,25-/m1/s1. The molecule has 5 aliphatic rings. The molecular formula is C25H34O7. The van der Waals surface area contributed by atoms with E-state index in [9.17, 15) is 24.6 Å². The van der Waals surface area contributed by atoms with Crippen LogP contribution in [0.5, 0.6) is 0 Å². The van der Waals surface area contributed by atoms with Crippen molar-refractivity contribution >= 4 is 18.2 Å². The first-order valence-corrected chi connectivity index (χ1v) is 12.0. The summed E-state index contributed by atoms with van der Waals surface area (Å²) >= 11 is 0. The molecule has 1 heterocycles. The van der Waals surface area contributed by atoms with E-state index in [-0.39, 0.29) is 47.6 Å². The summed E-state index contributed by atoms with van der Waals surface area (Å²) in [5.74, 6) is -0.772. The second kappa shape index (κ2) is 7.13. The van der Waals surface area contributed by atoms with E-state index in [4.69, 9.17) is 9.47 Å². The third kappa shape index (κ3) is 2.76. The first-order chi connectivity index (χ1) is 15.1. The van der Waals surface area contributed by atoms with E-state index in [0.717, 1.165) is 31.1 Å². The summed E-state index contributed by atoms with van der Waals surface area (Å²) in [6.07, 6.45) is 7.44. The molecule has 0 radical (unpaired) electrons. The highest BCUT2D eigenvalue weighted by molar-refractivity contribution is 5.85. The molecule has 1 aliphatic heterocycles. The van der Waals surface area contributed by atoms with Crippen LogP contribution >= 0.6 is 0 Å². The molecule has 4 saturated carbocycles. The molecule has 176 valence electrons. The maximum absolute atomic E-state index is 12.7. The number of esters is 2. The molecule has 0 aromatic heterocycles. The number of aldehydes is 1. The average Bonchev–Trinajstić information content (AvgIpc) is 3.27. The Bertz CT molecular complexity index is 882. The predicted molar refractivity (Wildman–Crippen MR) is 113 cm³/mol. The first kappa shape index (κ1) is 22.1. The van der Waals surface area contributed by atoms with E-state index in [1.54, 1.807) is 6.08 Å². The zero-order valence-electron chi connectivity index (χ0n) is 19.0. The Morgan fingerprint density at radius 1 is 1.12 bits per heavy atom. The van der Waals surface area contributed by atoms with E-state index in [2.05, 4.69) is 6.92 Å². The number of fused-ring (bicyclic) bond motifs is 5. The van der Waals surface area contributed by atoms with Crippen LogP contribution in [0.4, 0.5) is 0 Å². The van der Waals surface area contributed by atoms with E-state index in [1.807, 2.05) is 0 Å². The van der Waals surface area contributed by atoms with Gasteiger partial charge in [-0.1, -0.05) is 6.92 Å². The SMILES string of the molecule is CC(=O)O[C@@H]1CC[C@]2(C=O)[C@H]3CC[C@]4(C)[C@H](C5=CC(=O)OC5)CC[C@@]4(O)[C@@H]3CC[C@]2(O)C1. The third-order valence-corrected chi connectivity index (χ3v) is 10.2. The normalized spacial score (nSPS) is 49.9. The Morgan fingerprint density at radius 2 is 1.88 bits per heavy atom. The number of ether oxygens (including phenoxy) is 2. The maximum Gasteiger partial charge on any atom is 0.331 e. The fourth-order valence-corrected chi connectivity index (χ4v) is 8.65. The lowest BCUT2D eigenvalue weighted by Crippen LogP contribution is -2.69. The van der Waals surface area contributed by atoms with Crippen molar-refractivity contribution in [3.63, 3.8) is 0 Å². The number of rotatable bonds is 3. The highest BCUT2D eigenvalue weighted by atomic mass is 16.5. The van der Waals surface area contributed by atoms with Crippen LogP contribution in [0.1, 0.15) is 71.6 Å². The van der Waals surface area contributed by atoms with Crippen LogP contribution in [0.15, 0.2) is 11.6 Å². The van der Waals surface area contributed by atoms with Crippen molar-refractivity contribution in [2.75, 3.05) is 6.61 Å². The quantitative estimate of drug-likeness (QED) is 0.506. The van der Waals surface area contributed by atoms with Crippen LogP contribution in [0, 0.1) is 28.6 Å². The molecule has 4 fully saturated rings. The minimum atomic E-state index is -1.22. The van der Waals surface area contributed by atoms with Crippen LogP contribution in [-0.4, -0.2) is 52.4 Å². The lowest BCUT2D eigenvalue weighted by Gasteiger charge is -2.65. The van der Waals surface area contributed by atoms with Gasteiger partial charge in [-0.2, -0.15) is 0 Å². The van der Waals surface area contributed by atoms with Crippen LogP contribution < -0.4 is 0 Å². The molecule has 0 spiro atoms. The number of carbonyl (C=O) groups is 3. The van der Waals surface area contributed by atoms with Gasteiger partial charge in [0.1, 0.15) is 19.0 Å². The van der Waals surface area contributed by atoms with Crippen LogP contribution in [0.2, 0.25) is 0 Å². The summed E-state index contributed by atoms with van der Waals surface area (Å²) in [6, 6.07) is 0. The van der Waals surface area contributed by atoms with Gasteiger partial charge in [0.25, 0.3) is 0 Å². The topological polar surface area (TPSA) is 110 Å². The van der Waals surface area contributed by atoms with Gasteiger partial charge in [0.05, 0.1) is 16.6 Å². The molecule has 0 aromatic rings. The van der Waals surface area contributed by atoms with Gasteiger partial charge in [-0.15, -0.1) is 0 Å². The molecule has 8 atom stereocenters. The Kier molecular flexibility index (Phi) is 4.92. The van der Waals surface area contributed by atoms with E-state index in [0.29, 0.717) is 38.7 Å². The van der Waals surface area contributed by atoms with Gasteiger partial charge < -0.3 is 24.5 Å². The summed E-state index contributed by atoms with van der Waals surface area (Å²) in [6.45, 7) is 3.81. The molecule has 0 bridgehead atoms. The molecule has 4 aliphatic carbocycles. The van der Waals surface area contributed by atoms with Crippen LogP contribution in [0.3, 0.4) is 0 Å². The van der Waals surface area contributed by atoms with Crippen molar-refractivity contribution in [2.24, 2.45) is 28.6 Å². The minimum Gasteiger partial charge on any atom is -0.462 e. The van der Waals surface area contributed by atoms with Crippen molar-refractivity contribution in [1.29, 1.82) is 0 Å². The van der Waals surface area contributed by atoms with Gasteiger partial charge in [-0.3, -0.25) is 4.79 Å². The highest BCUT2D eigenvalue weighted by Crippen LogP contribution is 2.70. The minimum absolute atomic E-state index is 0.0828. The van der Waals surface area contributed by atoms with Gasteiger partial charge >= 0.3 is 11.9 Å². The fourth-order valence-electron chi connectivity index (χ4n) is 8.65. The molecule has 0 saturated heterocycles. The Hall–Kier alpha value is -1.73. The monoisotopic (exact) mass is 446 g/mol. The molecule has 0 amide bonds. The molecule has 2 N–H and O–H groups in total. The second-order valence-electron chi connectivity index (χ2n) is 11.2. The fraction of sp³-hybridized carbons (Fsp3) is 0.800. The number of aliphatic hydroxyl groups is 2. The summed E-state index contributed by atoms with van der Waals surface area (Å²) in [5, 5.41) is 23.9. The Morgan fingerprint density at radius 3 is 2.53 bits per heavy atom. The number of cyclic esters (lactones) is 1. The number of hydrogen-bond acceptors (Lipinski definition) is 7. The van der Waals surface area contributed by atoms with E-state index >= 15 is 0 Å². The van der Waals surface area contributed by atoms with Gasteiger partial charge in [0.2, 0.25) is 0 Å². The molecule has 0 unspecified atom stereocenters. The van der Waals surface area contributed by atoms with Crippen molar-refractivity contribution in [3.8, 4) is 0 Å². The molecule has 5 rings (SSSR count). The average molecular weight is 447 g/mol. The summed E-state index contributed by atoms with van der Waals surface area (Å²) in [7, 11) is 0. The summed E-state index contributed by atoms with van der Waals surface area (Å²) in [5.41, 5.74) is -2.50. The second-order valence-corrected chi connectivity index (χ2v) is 11.2. The van der Waals surface area contributed by atoms with Gasteiger partial charge in [-0.25, -0.2) is 4.79 Å². The van der Waals surface area contributed by atoms with E-state index < -0.39 is 16.6 Å². The zero-order valence-corrected chi connectivity index (χ0v) is 19.0. The summed E-state index contributed by atoms with van der Waals surface area (Å²) < 4.78 is 10.6. The van der Waals surface area contributed by atoms with Crippen molar-refractivity contribution in [3.05, 3.63) is 11.6 Å². The van der Waals surface area contributed by atoms with E-state index in [1.165, 1.54) is 6.92 Å². The summed E-state index contributed by atoms with van der Waals surface area (Å²) in [4.78, 5) is 35.8. The lowest BCUT2D eigenvalue weighted by molar-refractivity contribution is -0.249. The Labute approximate surface area is 188 Å². The molecule has 32 heavy (non-hydrogen) atoms. The molecule has 7 nitrogen and oxygen atoms in total. The van der Waals surface area contributed by atoms with Crippen molar-refractivity contribution in [1.82, 2.24) is 0 Å². The van der Waals surface area contributed by atoms with Crippen LogP contribution in [-0.2, 0) is 23.9 Å². The Balaban J connectivity index is 1.46. The molecule has 7 heteroatoms. The molecule has 0 aromatic carbocycles. The van der Waals surface area contributed by atoms with Crippen molar-refractivity contribution < 1.29 is 34.1 Å². The smallest absolute Gasteiger partial charge is 0.331 e. The lowest BCUT2D eigenvalue weighted by atomic mass is 9.41. The van der Waals surface area contributed by atoms with Gasteiger partial charge in [-0.05, 0) is 74.7 Å². The van der Waals surface area contributed by atoms with Crippen LogP contribution in [0.25, 0.3) is 0 Å². The number of hydrogen-bond donors (Lipinski definition) is 2. The van der Waals surface area contributed by atoms with Crippen molar-refractivity contribution in [2.45, 2.75) is 88.9 Å². The third-order valence-electron chi connectivity index (χ3n) is 10.2. The van der Waals surface area contributed by atoms with Gasteiger partial charge in [0.15, 0.2) is 0 Å². The first-order valence-electron chi connectivity index (χ1n) is 12.0. The zero-order chi connectivity index (χ0) is 22.9. The number of carbonyl (C=O) groups excluding carboxylic acids is 3. The molecular weight excluding hydrogens is 412 g/mol. The predicted octanol–water partition coefficient (Wildman–Crippen LogP) is 2.47. The van der Waals surface area contributed by atoms with Gasteiger partial charge in [0, 0.05) is 24.8 Å². The largest absolute Gasteiger partial charge is 0.462 e. The highest BCUT2D eigenvalue weighted by Gasteiger charge is 2.71. The maximum atomic E-state index is 12.7.